The van der Waals surface area contributed by atoms with Gasteiger partial charge in [0.1, 0.15) is 22.8 Å². The largest absolute Gasteiger partial charge is 0.507 e. The number of Topliss-reactive ketones (excluding diaryl/α,β-unsaturated/α-hetero) is 1. The summed E-state index contributed by atoms with van der Waals surface area (Å²) >= 11 is 0. The average Bonchev–Trinajstić information content (AvgIpc) is 2.85. The summed E-state index contributed by atoms with van der Waals surface area (Å²) in [4.78, 5) is 36.6. The first-order valence-corrected chi connectivity index (χ1v) is 12.7. The predicted octanol–water partition coefficient (Wildman–Crippen LogP) is 6.29. The smallest absolute Gasteiger partial charge is 0.410 e. The lowest BCUT2D eigenvalue weighted by Gasteiger charge is -2.18. The van der Waals surface area contributed by atoms with Crippen LogP contribution in [0.1, 0.15) is 81.5 Å². The molecule has 0 saturated carbocycles. The van der Waals surface area contributed by atoms with Crippen LogP contribution >= 0.6 is 0 Å². The van der Waals surface area contributed by atoms with E-state index in [1.165, 1.54) is 19.4 Å². The number of alkyl carbamates (subject to hydrolysis) is 1. The number of benzene rings is 1. The van der Waals surface area contributed by atoms with Crippen molar-refractivity contribution in [3.05, 3.63) is 81.6 Å². The summed E-state index contributed by atoms with van der Waals surface area (Å²) in [5, 5.41) is 12.9. The number of rotatable bonds is 12. The Labute approximate surface area is 224 Å². The van der Waals surface area contributed by atoms with E-state index in [1.807, 2.05) is 31.2 Å². The number of carbonyl (C=O) groups excluding carboxylic acids is 2. The summed E-state index contributed by atoms with van der Waals surface area (Å²) in [6, 6.07) is 8.99. The van der Waals surface area contributed by atoms with E-state index in [9.17, 15) is 19.5 Å². The Balaban J connectivity index is 2.03. The van der Waals surface area contributed by atoms with Crippen LogP contribution in [0.15, 0.2) is 63.5 Å². The van der Waals surface area contributed by atoms with Gasteiger partial charge >= 0.3 is 11.7 Å². The second kappa shape index (κ2) is 14.2. The van der Waals surface area contributed by atoms with Crippen molar-refractivity contribution in [2.75, 3.05) is 13.7 Å². The van der Waals surface area contributed by atoms with E-state index in [0.717, 1.165) is 17.7 Å². The molecule has 0 spiro atoms. The van der Waals surface area contributed by atoms with Crippen molar-refractivity contribution >= 4 is 11.9 Å². The van der Waals surface area contributed by atoms with Crippen molar-refractivity contribution in [2.24, 2.45) is 5.41 Å². The number of ketones is 1. The highest BCUT2D eigenvalue weighted by atomic mass is 16.5. The minimum Gasteiger partial charge on any atom is -0.507 e. The van der Waals surface area contributed by atoms with Crippen molar-refractivity contribution in [3.8, 4) is 11.5 Å². The number of allylic oxidation sites excluding steroid dienone is 3. The zero-order valence-corrected chi connectivity index (χ0v) is 23.1. The first-order valence-electron chi connectivity index (χ1n) is 12.7. The van der Waals surface area contributed by atoms with Crippen molar-refractivity contribution in [3.63, 3.8) is 0 Å². The lowest BCUT2D eigenvalue weighted by Crippen LogP contribution is -2.17. The highest BCUT2D eigenvalue weighted by Gasteiger charge is 2.22. The van der Waals surface area contributed by atoms with Gasteiger partial charge in [0, 0.05) is 18.2 Å². The molecule has 1 aromatic carbocycles. The molecule has 8 heteroatoms. The van der Waals surface area contributed by atoms with Crippen molar-refractivity contribution in [2.45, 2.75) is 66.2 Å². The number of aromatic hydroxyl groups is 1. The minimum atomic E-state index is -0.873. The molecule has 0 aliphatic rings. The molecule has 2 N–H and O–H groups in total. The van der Waals surface area contributed by atoms with Crippen molar-refractivity contribution in [1.82, 2.24) is 5.32 Å². The maximum Gasteiger partial charge on any atom is 0.410 e. The quantitative estimate of drug-likeness (QED) is 0.247. The van der Waals surface area contributed by atoms with Crippen LogP contribution in [0.5, 0.6) is 11.5 Å². The number of hydrogen-bond donors (Lipinski definition) is 2. The lowest BCUT2D eigenvalue weighted by molar-refractivity contribution is 0.102. The molecule has 0 radical (unpaired) electrons. The molecule has 2 aromatic rings. The molecule has 1 amide bonds. The van der Waals surface area contributed by atoms with Gasteiger partial charge in [0.15, 0.2) is 5.78 Å². The summed E-state index contributed by atoms with van der Waals surface area (Å²) in [5.74, 6) is -0.136. The van der Waals surface area contributed by atoms with E-state index in [-0.39, 0.29) is 22.7 Å². The van der Waals surface area contributed by atoms with E-state index >= 15 is 0 Å². The number of hydrogen-bond acceptors (Lipinski definition) is 7. The first-order chi connectivity index (χ1) is 17.9. The third-order valence-electron chi connectivity index (χ3n) is 5.95. The fourth-order valence-electron chi connectivity index (χ4n) is 3.51. The topological polar surface area (TPSA) is 115 Å². The Morgan fingerprint density at radius 1 is 1.21 bits per heavy atom. The van der Waals surface area contributed by atoms with E-state index in [1.54, 1.807) is 19.1 Å². The van der Waals surface area contributed by atoms with Gasteiger partial charge in [-0.15, -0.1) is 0 Å². The highest BCUT2D eigenvalue weighted by molar-refractivity contribution is 6.09. The Hall–Kier alpha value is -3.81. The number of carbonyl (C=O) groups is 2. The average molecular weight is 526 g/mol. The number of amides is 1. The molecule has 206 valence electrons. The van der Waals surface area contributed by atoms with Gasteiger partial charge in [0.05, 0.1) is 13.7 Å². The molecule has 0 aliphatic heterocycles. The lowest BCUT2D eigenvalue weighted by atomic mass is 9.93. The van der Waals surface area contributed by atoms with Crippen LogP contribution < -0.4 is 15.7 Å². The van der Waals surface area contributed by atoms with Crippen molar-refractivity contribution in [1.29, 1.82) is 0 Å². The van der Waals surface area contributed by atoms with E-state index in [4.69, 9.17) is 9.15 Å². The fraction of sp³-hybridized carbons (Fsp3) is 0.433. The Morgan fingerprint density at radius 2 is 1.95 bits per heavy atom. The van der Waals surface area contributed by atoms with Gasteiger partial charge in [-0.3, -0.25) is 10.1 Å². The molecule has 1 unspecified atom stereocenters. The van der Waals surface area contributed by atoms with Crippen LogP contribution in [0.4, 0.5) is 4.79 Å². The van der Waals surface area contributed by atoms with E-state index in [2.05, 4.69) is 30.8 Å². The zero-order valence-electron chi connectivity index (χ0n) is 23.1. The van der Waals surface area contributed by atoms with Crippen molar-refractivity contribution < 1.29 is 28.6 Å². The minimum absolute atomic E-state index is 0.189. The molecule has 2 rings (SSSR count). The summed E-state index contributed by atoms with van der Waals surface area (Å²) in [6.07, 6.45) is 6.94. The second-order valence-corrected chi connectivity index (χ2v) is 10.4. The molecule has 8 nitrogen and oxygen atoms in total. The van der Waals surface area contributed by atoms with Gasteiger partial charge in [-0.05, 0) is 61.3 Å². The molecule has 1 aromatic heterocycles. The zero-order chi connectivity index (χ0) is 28.3. The molecule has 0 fully saturated rings. The van der Waals surface area contributed by atoms with Gasteiger partial charge in [0.2, 0.25) is 0 Å². The van der Waals surface area contributed by atoms with Crippen LogP contribution in [-0.4, -0.2) is 30.7 Å². The fourth-order valence-corrected chi connectivity index (χ4v) is 3.51. The number of nitrogens with one attached hydrogen (secondary N) is 1. The summed E-state index contributed by atoms with van der Waals surface area (Å²) in [7, 11) is 1.27. The molecular weight excluding hydrogens is 486 g/mol. The third kappa shape index (κ3) is 9.92. The molecule has 38 heavy (non-hydrogen) atoms. The standard InChI is InChI=1S/C30H39NO7/c1-20(10-7-8-16-31-29(35)36-6)25-19-24(32)26(28(34)38-25)27(33)21(2)13-14-22-11-9-12-23(18-22)37-17-15-30(3,4)5/h8-9,11-13,16,18-20,32H,7,10,14-15,17H2,1-6H3,(H,31,35)/b16-8+,21-13-. The van der Waals surface area contributed by atoms with Gasteiger partial charge in [-0.2, -0.15) is 0 Å². The Morgan fingerprint density at radius 3 is 2.61 bits per heavy atom. The molecule has 1 atom stereocenters. The summed E-state index contributed by atoms with van der Waals surface area (Å²) in [5.41, 5.74) is 0.226. The SMILES string of the molecule is COC(=O)N/C=C/CCC(C)c1cc(O)c(C(=O)/C(C)=C\Cc2cccc(OCCC(C)(C)C)c2)c(=O)o1. The Bertz CT molecular complexity index is 1220. The first kappa shape index (κ1) is 30.4. The van der Waals surface area contributed by atoms with Gasteiger partial charge < -0.3 is 19.0 Å². The van der Waals surface area contributed by atoms with Crippen LogP contribution in [0.2, 0.25) is 0 Å². The summed E-state index contributed by atoms with van der Waals surface area (Å²) < 4.78 is 15.7. The van der Waals surface area contributed by atoms with E-state index in [0.29, 0.717) is 31.4 Å². The number of methoxy groups -OCH3 is 1. The van der Waals surface area contributed by atoms with Crippen LogP contribution in [0, 0.1) is 5.41 Å². The van der Waals surface area contributed by atoms with Crippen LogP contribution in [0.3, 0.4) is 0 Å². The van der Waals surface area contributed by atoms with Gasteiger partial charge in [-0.25, -0.2) is 9.59 Å². The predicted molar refractivity (Wildman–Crippen MR) is 147 cm³/mol. The van der Waals surface area contributed by atoms with Gasteiger partial charge in [-0.1, -0.05) is 52.0 Å². The second-order valence-electron chi connectivity index (χ2n) is 10.4. The maximum atomic E-state index is 12.9. The third-order valence-corrected chi connectivity index (χ3v) is 5.95. The monoisotopic (exact) mass is 525 g/mol. The van der Waals surface area contributed by atoms with E-state index < -0.39 is 23.3 Å². The maximum absolute atomic E-state index is 12.9. The number of ether oxygens (including phenoxy) is 2. The molecule has 1 heterocycles. The Kier molecular flexibility index (Phi) is 11.4. The molecule has 0 bridgehead atoms. The molecule has 0 aliphatic carbocycles. The molecular formula is C30H39NO7. The van der Waals surface area contributed by atoms with Gasteiger partial charge in [0.25, 0.3) is 0 Å². The van der Waals surface area contributed by atoms with Crippen LogP contribution in [0.25, 0.3) is 0 Å². The molecule has 0 saturated heterocycles. The summed E-state index contributed by atoms with van der Waals surface area (Å²) in [6.45, 7) is 10.6. The van der Waals surface area contributed by atoms with Crippen LogP contribution in [-0.2, 0) is 11.2 Å². The highest BCUT2D eigenvalue weighted by Crippen LogP contribution is 2.26. The normalized spacial score (nSPS) is 12.8.